The van der Waals surface area contributed by atoms with E-state index < -0.39 is 0 Å². The zero-order valence-corrected chi connectivity index (χ0v) is 12.5. The molecular weight excluding hydrogens is 250 g/mol. The molecule has 20 heavy (non-hydrogen) atoms. The van der Waals surface area contributed by atoms with Gasteiger partial charge in [0.1, 0.15) is 5.75 Å². The van der Waals surface area contributed by atoms with Crippen molar-refractivity contribution in [2.24, 2.45) is 0 Å². The number of hydrogen-bond acceptors (Lipinski definition) is 4. The Bertz CT molecular complexity index is 609. The van der Waals surface area contributed by atoms with Crippen molar-refractivity contribution in [1.82, 2.24) is 9.97 Å². The highest BCUT2D eigenvalue weighted by atomic mass is 16.3. The van der Waals surface area contributed by atoms with E-state index >= 15 is 0 Å². The van der Waals surface area contributed by atoms with Crippen LogP contribution in [0.5, 0.6) is 5.75 Å². The highest BCUT2D eigenvalue weighted by Gasteiger charge is 2.11. The van der Waals surface area contributed by atoms with Crippen LogP contribution in [-0.2, 0) is 12.8 Å². The smallest absolute Gasteiger partial charge is 0.225 e. The fourth-order valence-electron chi connectivity index (χ4n) is 2.13. The second-order valence-corrected chi connectivity index (χ2v) is 4.99. The van der Waals surface area contributed by atoms with Crippen LogP contribution in [0.3, 0.4) is 0 Å². The Kier molecular flexibility index (Phi) is 4.23. The van der Waals surface area contributed by atoms with E-state index in [-0.39, 0.29) is 0 Å². The summed E-state index contributed by atoms with van der Waals surface area (Å²) in [6.45, 7) is 4.16. The molecule has 0 saturated carbocycles. The average Bonchev–Trinajstić information content (AvgIpc) is 2.46. The van der Waals surface area contributed by atoms with Crippen LogP contribution in [0.4, 0.5) is 5.95 Å². The van der Waals surface area contributed by atoms with E-state index in [9.17, 15) is 5.11 Å². The molecular formula is C16H21N3O. The lowest BCUT2D eigenvalue weighted by atomic mass is 10.0. The lowest BCUT2D eigenvalue weighted by molar-refractivity contribution is 0.474. The highest BCUT2D eigenvalue weighted by Crippen LogP contribution is 2.27. The molecule has 106 valence electrons. The molecule has 1 heterocycles. The Balaban J connectivity index is 2.59. The molecule has 1 aromatic heterocycles. The first-order chi connectivity index (χ1) is 9.55. The van der Waals surface area contributed by atoms with Gasteiger partial charge in [-0.2, -0.15) is 0 Å². The predicted octanol–water partition coefficient (Wildman–Crippen LogP) is 3.04. The Hall–Kier alpha value is -2.10. The van der Waals surface area contributed by atoms with Gasteiger partial charge in [0.2, 0.25) is 5.95 Å². The lowest BCUT2D eigenvalue weighted by Gasteiger charge is -2.14. The van der Waals surface area contributed by atoms with Crippen molar-refractivity contribution in [3.8, 4) is 17.0 Å². The first-order valence-electron chi connectivity index (χ1n) is 6.92. The Labute approximate surface area is 120 Å². The maximum atomic E-state index is 9.62. The SMILES string of the molecule is CCc1cc(-c2ccc(O)cc2CC)nc(N(C)C)n1. The van der Waals surface area contributed by atoms with Crippen molar-refractivity contribution in [3.05, 3.63) is 35.5 Å². The van der Waals surface area contributed by atoms with E-state index in [0.29, 0.717) is 5.75 Å². The molecule has 0 radical (unpaired) electrons. The summed E-state index contributed by atoms with van der Waals surface area (Å²) in [5.41, 5.74) is 4.09. The van der Waals surface area contributed by atoms with Gasteiger partial charge in [0.25, 0.3) is 0 Å². The van der Waals surface area contributed by atoms with E-state index in [1.54, 1.807) is 12.1 Å². The molecule has 1 N–H and O–H groups in total. The molecule has 1 aromatic carbocycles. The van der Waals surface area contributed by atoms with Gasteiger partial charge in [-0.25, -0.2) is 9.97 Å². The molecule has 0 unspecified atom stereocenters. The number of aromatic nitrogens is 2. The normalized spacial score (nSPS) is 10.6. The monoisotopic (exact) mass is 271 g/mol. The van der Waals surface area contributed by atoms with Crippen molar-refractivity contribution in [2.45, 2.75) is 26.7 Å². The van der Waals surface area contributed by atoms with E-state index in [1.165, 1.54) is 0 Å². The molecule has 0 bridgehead atoms. The number of anilines is 1. The summed E-state index contributed by atoms with van der Waals surface area (Å²) in [4.78, 5) is 11.0. The molecule has 0 atom stereocenters. The summed E-state index contributed by atoms with van der Waals surface area (Å²) in [7, 11) is 3.88. The minimum Gasteiger partial charge on any atom is -0.508 e. The summed E-state index contributed by atoms with van der Waals surface area (Å²) in [6.07, 6.45) is 1.72. The van der Waals surface area contributed by atoms with Crippen LogP contribution in [0.15, 0.2) is 24.3 Å². The fraction of sp³-hybridized carbons (Fsp3) is 0.375. The maximum Gasteiger partial charge on any atom is 0.225 e. The molecule has 0 saturated heterocycles. The number of rotatable bonds is 4. The number of nitrogens with zero attached hydrogens (tertiary/aromatic N) is 3. The molecule has 4 heteroatoms. The number of benzene rings is 1. The highest BCUT2D eigenvalue weighted by molar-refractivity contribution is 5.66. The van der Waals surface area contributed by atoms with Crippen molar-refractivity contribution in [3.63, 3.8) is 0 Å². The zero-order chi connectivity index (χ0) is 14.7. The fourth-order valence-corrected chi connectivity index (χ4v) is 2.13. The third kappa shape index (κ3) is 2.90. The van der Waals surface area contributed by atoms with Crippen LogP contribution in [-0.4, -0.2) is 29.2 Å². The largest absolute Gasteiger partial charge is 0.508 e. The van der Waals surface area contributed by atoms with E-state index in [2.05, 4.69) is 23.8 Å². The van der Waals surface area contributed by atoms with Crippen molar-refractivity contribution in [1.29, 1.82) is 0 Å². The first-order valence-corrected chi connectivity index (χ1v) is 6.92. The molecule has 0 aliphatic carbocycles. The molecule has 0 aliphatic heterocycles. The number of hydrogen-bond donors (Lipinski definition) is 1. The van der Waals surface area contributed by atoms with Crippen LogP contribution in [0, 0.1) is 0 Å². The van der Waals surface area contributed by atoms with Gasteiger partial charge in [-0.1, -0.05) is 13.8 Å². The lowest BCUT2D eigenvalue weighted by Crippen LogP contribution is -2.14. The first kappa shape index (κ1) is 14.3. The van der Waals surface area contributed by atoms with Crippen LogP contribution in [0.2, 0.25) is 0 Å². The van der Waals surface area contributed by atoms with Gasteiger partial charge in [0.05, 0.1) is 5.69 Å². The standard InChI is InChI=1S/C16H21N3O/c1-5-11-9-13(20)7-8-14(11)15-10-12(6-2)17-16(18-15)19(3)4/h7-10,20H,5-6H2,1-4H3. The minimum atomic E-state index is 0.295. The Morgan fingerprint density at radius 2 is 1.80 bits per heavy atom. The number of phenolic OH excluding ortho intramolecular Hbond substituents is 1. The average molecular weight is 271 g/mol. The van der Waals surface area contributed by atoms with Gasteiger partial charge in [-0.3, -0.25) is 0 Å². The van der Waals surface area contributed by atoms with Crippen molar-refractivity contribution < 1.29 is 5.11 Å². The third-order valence-electron chi connectivity index (χ3n) is 3.28. The van der Waals surface area contributed by atoms with Crippen LogP contribution in [0.1, 0.15) is 25.1 Å². The minimum absolute atomic E-state index is 0.295. The van der Waals surface area contributed by atoms with Gasteiger partial charge in [0, 0.05) is 25.4 Å². The predicted molar refractivity (Wildman–Crippen MR) is 82.2 cm³/mol. The topological polar surface area (TPSA) is 49.3 Å². The summed E-state index contributed by atoms with van der Waals surface area (Å²) in [5.74, 6) is 1.01. The van der Waals surface area contributed by atoms with E-state index in [0.717, 1.165) is 41.3 Å². The molecule has 0 spiro atoms. The Morgan fingerprint density at radius 1 is 1.05 bits per heavy atom. The molecule has 2 aromatic rings. The van der Waals surface area contributed by atoms with Crippen molar-refractivity contribution >= 4 is 5.95 Å². The molecule has 4 nitrogen and oxygen atoms in total. The van der Waals surface area contributed by atoms with Gasteiger partial charge < -0.3 is 10.0 Å². The van der Waals surface area contributed by atoms with Crippen molar-refractivity contribution in [2.75, 3.05) is 19.0 Å². The van der Waals surface area contributed by atoms with Gasteiger partial charge in [0.15, 0.2) is 0 Å². The summed E-state index contributed by atoms with van der Waals surface area (Å²) < 4.78 is 0. The molecule has 0 amide bonds. The zero-order valence-electron chi connectivity index (χ0n) is 12.5. The van der Waals surface area contributed by atoms with E-state index in [4.69, 9.17) is 0 Å². The summed E-state index contributed by atoms with van der Waals surface area (Å²) in [6, 6.07) is 7.46. The summed E-state index contributed by atoms with van der Waals surface area (Å²) >= 11 is 0. The second-order valence-electron chi connectivity index (χ2n) is 4.99. The molecule has 2 rings (SSSR count). The van der Waals surface area contributed by atoms with Crippen LogP contribution < -0.4 is 4.90 Å². The van der Waals surface area contributed by atoms with E-state index in [1.807, 2.05) is 31.1 Å². The number of phenols is 1. The van der Waals surface area contributed by atoms with Gasteiger partial charge >= 0.3 is 0 Å². The third-order valence-corrected chi connectivity index (χ3v) is 3.28. The van der Waals surface area contributed by atoms with Gasteiger partial charge in [-0.15, -0.1) is 0 Å². The molecule has 0 aliphatic rings. The summed E-state index contributed by atoms with van der Waals surface area (Å²) in [5, 5.41) is 9.62. The van der Waals surface area contributed by atoms with Crippen LogP contribution in [0.25, 0.3) is 11.3 Å². The quantitative estimate of drug-likeness (QED) is 0.928. The Morgan fingerprint density at radius 3 is 2.40 bits per heavy atom. The maximum absolute atomic E-state index is 9.62. The number of aromatic hydroxyl groups is 1. The van der Waals surface area contributed by atoms with Crippen LogP contribution >= 0.6 is 0 Å². The second kappa shape index (κ2) is 5.90. The molecule has 0 fully saturated rings. The number of aryl methyl sites for hydroxylation is 2. The van der Waals surface area contributed by atoms with Gasteiger partial charge in [-0.05, 0) is 42.7 Å².